The fourth-order valence-corrected chi connectivity index (χ4v) is 3.03. The molecule has 0 radical (unpaired) electrons. The number of thiophene rings is 1. The summed E-state index contributed by atoms with van der Waals surface area (Å²) in [6.45, 7) is 5.04. The van der Waals surface area contributed by atoms with Gasteiger partial charge in [-0.3, -0.25) is 0 Å². The second-order valence-corrected chi connectivity index (χ2v) is 6.14. The van der Waals surface area contributed by atoms with Crippen LogP contribution in [0.3, 0.4) is 0 Å². The van der Waals surface area contributed by atoms with Crippen LogP contribution in [0.4, 0.5) is 10.2 Å². The molecule has 2 heterocycles. The summed E-state index contributed by atoms with van der Waals surface area (Å²) in [6, 6.07) is 8.39. The minimum absolute atomic E-state index is 0.254. The SMILES string of the molecule is CCCNc1nc(-c2ccc(F)cc2)nc2sc(C)cc12. The molecule has 0 fully saturated rings. The number of fused-ring (bicyclic) bond motifs is 1. The van der Waals surface area contributed by atoms with Crippen molar-refractivity contribution in [1.29, 1.82) is 0 Å². The molecule has 2 aromatic heterocycles. The van der Waals surface area contributed by atoms with Crippen LogP contribution in [0.2, 0.25) is 0 Å². The van der Waals surface area contributed by atoms with Gasteiger partial charge in [0.15, 0.2) is 5.82 Å². The van der Waals surface area contributed by atoms with Gasteiger partial charge in [-0.15, -0.1) is 11.3 Å². The van der Waals surface area contributed by atoms with Crippen LogP contribution < -0.4 is 5.32 Å². The molecule has 0 saturated carbocycles. The molecule has 0 aliphatic carbocycles. The minimum atomic E-state index is -0.254. The van der Waals surface area contributed by atoms with Gasteiger partial charge in [0.2, 0.25) is 0 Å². The van der Waals surface area contributed by atoms with Crippen molar-refractivity contribution >= 4 is 27.4 Å². The number of aromatic nitrogens is 2. The third-order valence-corrected chi connectivity index (χ3v) is 4.11. The van der Waals surface area contributed by atoms with E-state index in [0.717, 1.165) is 34.6 Å². The fourth-order valence-electron chi connectivity index (χ4n) is 2.15. The summed E-state index contributed by atoms with van der Waals surface area (Å²) in [7, 11) is 0. The van der Waals surface area contributed by atoms with Crippen LogP contribution in [0.5, 0.6) is 0 Å². The lowest BCUT2D eigenvalue weighted by Crippen LogP contribution is -2.04. The highest BCUT2D eigenvalue weighted by molar-refractivity contribution is 7.18. The molecule has 0 amide bonds. The molecule has 21 heavy (non-hydrogen) atoms. The van der Waals surface area contributed by atoms with Crippen molar-refractivity contribution in [2.24, 2.45) is 0 Å². The number of rotatable bonds is 4. The molecule has 0 bridgehead atoms. The number of halogens is 1. The molecule has 3 rings (SSSR count). The predicted octanol–water partition coefficient (Wildman–Crippen LogP) is 4.63. The van der Waals surface area contributed by atoms with Crippen molar-refractivity contribution in [3.63, 3.8) is 0 Å². The third-order valence-electron chi connectivity index (χ3n) is 3.16. The van der Waals surface area contributed by atoms with Gasteiger partial charge in [-0.1, -0.05) is 6.92 Å². The highest BCUT2D eigenvalue weighted by Crippen LogP contribution is 2.31. The predicted molar refractivity (Wildman–Crippen MR) is 86.3 cm³/mol. The fraction of sp³-hybridized carbons (Fsp3) is 0.250. The first-order valence-corrected chi connectivity index (χ1v) is 7.77. The first-order valence-electron chi connectivity index (χ1n) is 6.95. The Balaban J connectivity index is 2.12. The second-order valence-electron chi connectivity index (χ2n) is 4.91. The number of hydrogen-bond donors (Lipinski definition) is 1. The van der Waals surface area contributed by atoms with Crippen LogP contribution in [0.15, 0.2) is 30.3 Å². The van der Waals surface area contributed by atoms with E-state index in [1.165, 1.54) is 17.0 Å². The smallest absolute Gasteiger partial charge is 0.163 e. The van der Waals surface area contributed by atoms with Crippen molar-refractivity contribution in [3.05, 3.63) is 41.0 Å². The first kappa shape index (κ1) is 13.9. The second kappa shape index (κ2) is 5.77. The summed E-state index contributed by atoms with van der Waals surface area (Å²) in [5.41, 5.74) is 0.823. The van der Waals surface area contributed by atoms with Crippen molar-refractivity contribution in [3.8, 4) is 11.4 Å². The van der Waals surface area contributed by atoms with Crippen LogP contribution in [0.25, 0.3) is 21.6 Å². The molecule has 108 valence electrons. The Bertz CT molecular complexity index is 765. The van der Waals surface area contributed by atoms with Gasteiger partial charge in [0.25, 0.3) is 0 Å². The Morgan fingerprint density at radius 3 is 2.67 bits per heavy atom. The lowest BCUT2D eigenvalue weighted by molar-refractivity contribution is 0.628. The average molecular weight is 301 g/mol. The molecule has 5 heteroatoms. The van der Waals surface area contributed by atoms with Gasteiger partial charge in [0, 0.05) is 17.0 Å². The van der Waals surface area contributed by atoms with E-state index in [4.69, 9.17) is 0 Å². The number of hydrogen-bond acceptors (Lipinski definition) is 4. The Morgan fingerprint density at radius 2 is 1.95 bits per heavy atom. The molecule has 1 N–H and O–H groups in total. The maximum Gasteiger partial charge on any atom is 0.163 e. The molecule has 0 atom stereocenters. The Labute approximate surface area is 126 Å². The molecule has 3 nitrogen and oxygen atoms in total. The normalized spacial score (nSPS) is 11.0. The third kappa shape index (κ3) is 2.88. The molecule has 0 saturated heterocycles. The Hall–Kier alpha value is -2.01. The van der Waals surface area contributed by atoms with Crippen molar-refractivity contribution in [1.82, 2.24) is 9.97 Å². The average Bonchev–Trinajstić information content (AvgIpc) is 2.85. The molecule has 0 aliphatic rings. The van der Waals surface area contributed by atoms with Crippen molar-refractivity contribution in [2.75, 3.05) is 11.9 Å². The summed E-state index contributed by atoms with van der Waals surface area (Å²) >= 11 is 1.65. The van der Waals surface area contributed by atoms with Gasteiger partial charge in [-0.05, 0) is 43.7 Å². The summed E-state index contributed by atoms with van der Waals surface area (Å²) < 4.78 is 13.1. The Morgan fingerprint density at radius 1 is 1.19 bits per heavy atom. The maximum absolute atomic E-state index is 13.1. The summed E-state index contributed by atoms with van der Waals surface area (Å²) in [4.78, 5) is 11.4. The quantitative estimate of drug-likeness (QED) is 0.763. The number of aryl methyl sites for hydroxylation is 1. The van der Waals surface area contributed by atoms with Crippen LogP contribution in [0, 0.1) is 12.7 Å². The first-order chi connectivity index (χ1) is 10.2. The van der Waals surface area contributed by atoms with Crippen molar-refractivity contribution < 1.29 is 4.39 Å². The number of nitrogens with one attached hydrogen (secondary N) is 1. The molecular formula is C16H16FN3S. The summed E-state index contributed by atoms with van der Waals surface area (Å²) in [6.07, 6.45) is 1.03. The zero-order valence-electron chi connectivity index (χ0n) is 12.0. The molecule has 3 aromatic rings. The van der Waals surface area contributed by atoms with Gasteiger partial charge >= 0.3 is 0 Å². The van der Waals surface area contributed by atoms with Crippen molar-refractivity contribution in [2.45, 2.75) is 20.3 Å². The van der Waals surface area contributed by atoms with Gasteiger partial charge in [-0.2, -0.15) is 0 Å². The Kier molecular flexibility index (Phi) is 3.84. The highest BCUT2D eigenvalue weighted by atomic mass is 32.1. The molecule has 1 aromatic carbocycles. The molecule has 0 unspecified atom stereocenters. The van der Waals surface area contributed by atoms with Crippen LogP contribution >= 0.6 is 11.3 Å². The number of nitrogens with zero attached hydrogens (tertiary/aromatic N) is 2. The van der Waals surface area contributed by atoms with E-state index in [2.05, 4.69) is 35.2 Å². The molecule has 0 aliphatic heterocycles. The highest BCUT2D eigenvalue weighted by Gasteiger charge is 2.11. The van der Waals surface area contributed by atoms with Gasteiger partial charge in [-0.25, -0.2) is 14.4 Å². The lowest BCUT2D eigenvalue weighted by Gasteiger charge is -2.08. The minimum Gasteiger partial charge on any atom is -0.369 e. The van der Waals surface area contributed by atoms with E-state index in [1.54, 1.807) is 23.5 Å². The number of anilines is 1. The summed E-state index contributed by atoms with van der Waals surface area (Å²) in [5, 5.41) is 4.41. The number of benzene rings is 1. The van der Waals surface area contributed by atoms with E-state index >= 15 is 0 Å². The van der Waals surface area contributed by atoms with E-state index in [1.807, 2.05) is 0 Å². The zero-order chi connectivity index (χ0) is 14.8. The van der Waals surface area contributed by atoms with Gasteiger partial charge in [0.1, 0.15) is 16.5 Å². The molecule has 0 spiro atoms. The van der Waals surface area contributed by atoms with Crippen LogP contribution in [-0.2, 0) is 0 Å². The zero-order valence-corrected chi connectivity index (χ0v) is 12.8. The van der Waals surface area contributed by atoms with Crippen LogP contribution in [0.1, 0.15) is 18.2 Å². The molecular weight excluding hydrogens is 285 g/mol. The monoisotopic (exact) mass is 301 g/mol. The largest absolute Gasteiger partial charge is 0.369 e. The maximum atomic E-state index is 13.1. The standard InChI is InChI=1S/C16H16FN3S/c1-3-8-18-15-13-9-10(2)21-16(13)20-14(19-15)11-4-6-12(17)7-5-11/h4-7,9H,3,8H2,1-2H3,(H,18,19,20). The van der Waals surface area contributed by atoms with Gasteiger partial charge in [0.05, 0.1) is 5.39 Å². The van der Waals surface area contributed by atoms with Gasteiger partial charge < -0.3 is 5.32 Å². The van der Waals surface area contributed by atoms with E-state index in [-0.39, 0.29) is 5.82 Å². The van der Waals surface area contributed by atoms with E-state index < -0.39 is 0 Å². The summed E-state index contributed by atoms with van der Waals surface area (Å²) in [5.74, 6) is 1.23. The van der Waals surface area contributed by atoms with E-state index in [9.17, 15) is 4.39 Å². The van der Waals surface area contributed by atoms with E-state index in [0.29, 0.717) is 5.82 Å². The lowest BCUT2D eigenvalue weighted by atomic mass is 10.2. The van der Waals surface area contributed by atoms with Crippen LogP contribution in [-0.4, -0.2) is 16.5 Å². The topological polar surface area (TPSA) is 37.8 Å².